The lowest BCUT2D eigenvalue weighted by atomic mass is 10.0. The van der Waals surface area contributed by atoms with Crippen LogP contribution in [0.25, 0.3) is 0 Å². The molecule has 2 aromatic rings. The number of nitrogens with zero attached hydrogens (tertiary/aromatic N) is 1. The number of hydrazine groups is 1. The van der Waals surface area contributed by atoms with Gasteiger partial charge in [0, 0.05) is 24.1 Å². The Balaban J connectivity index is 1.68. The Bertz CT molecular complexity index is 691. The van der Waals surface area contributed by atoms with Crippen LogP contribution >= 0.6 is 0 Å². The summed E-state index contributed by atoms with van der Waals surface area (Å²) < 4.78 is 0. The van der Waals surface area contributed by atoms with E-state index in [1.54, 1.807) is 6.20 Å². The molecule has 1 fully saturated rings. The van der Waals surface area contributed by atoms with Gasteiger partial charge in [0.05, 0.1) is 0 Å². The Labute approximate surface area is 136 Å². The van der Waals surface area contributed by atoms with Crippen molar-refractivity contribution in [1.29, 1.82) is 0 Å². The van der Waals surface area contributed by atoms with Crippen LogP contribution in [-0.2, 0) is 4.79 Å². The number of aromatic nitrogens is 1. The van der Waals surface area contributed by atoms with Crippen LogP contribution in [0.15, 0.2) is 36.7 Å². The number of nitrogens with one attached hydrogen (secondary N) is 3. The van der Waals surface area contributed by atoms with Crippen molar-refractivity contribution in [2.24, 2.45) is 0 Å². The van der Waals surface area contributed by atoms with Gasteiger partial charge in [-0.1, -0.05) is 23.8 Å². The first kappa shape index (κ1) is 15.6. The van der Waals surface area contributed by atoms with E-state index in [0.717, 1.165) is 22.4 Å². The average Bonchev–Trinajstić information content (AvgIpc) is 3.01. The summed E-state index contributed by atoms with van der Waals surface area (Å²) in [5.74, 6) is -0.0149. The van der Waals surface area contributed by atoms with Crippen molar-refractivity contribution in [2.45, 2.75) is 39.3 Å². The highest BCUT2D eigenvalue weighted by molar-refractivity contribution is 5.96. The van der Waals surface area contributed by atoms with E-state index in [0.29, 0.717) is 6.42 Å². The second-order valence-electron chi connectivity index (χ2n) is 6.18. The molecule has 0 bridgehead atoms. The molecule has 5 nitrogen and oxygen atoms in total. The van der Waals surface area contributed by atoms with Gasteiger partial charge in [-0.25, -0.2) is 10.9 Å². The van der Waals surface area contributed by atoms with E-state index in [-0.39, 0.29) is 18.0 Å². The number of benzene rings is 1. The third-order valence-electron chi connectivity index (χ3n) is 4.23. The van der Waals surface area contributed by atoms with Gasteiger partial charge >= 0.3 is 0 Å². The molecule has 0 spiro atoms. The van der Waals surface area contributed by atoms with Gasteiger partial charge in [0.25, 0.3) is 0 Å². The molecule has 1 aromatic carbocycles. The minimum Gasteiger partial charge on any atom is -0.324 e. The molecule has 0 radical (unpaired) electrons. The molecular formula is C18H22N4O. The van der Waals surface area contributed by atoms with Gasteiger partial charge < -0.3 is 5.32 Å². The van der Waals surface area contributed by atoms with Crippen molar-refractivity contribution < 1.29 is 4.79 Å². The van der Waals surface area contributed by atoms with Crippen molar-refractivity contribution in [1.82, 2.24) is 15.8 Å². The number of pyridine rings is 1. The first-order valence-corrected chi connectivity index (χ1v) is 7.84. The van der Waals surface area contributed by atoms with Crippen molar-refractivity contribution >= 4 is 11.6 Å². The fourth-order valence-electron chi connectivity index (χ4n) is 3.12. The summed E-state index contributed by atoms with van der Waals surface area (Å²) in [4.78, 5) is 16.7. The molecule has 1 amide bonds. The number of carbonyl (C=O) groups excluding carboxylic acids is 1. The molecule has 1 aliphatic rings. The fraction of sp³-hybridized carbons (Fsp3) is 0.333. The molecule has 3 rings (SSSR count). The summed E-state index contributed by atoms with van der Waals surface area (Å²) in [5.41, 5.74) is 11.6. The van der Waals surface area contributed by atoms with Crippen LogP contribution in [-0.4, -0.2) is 16.9 Å². The van der Waals surface area contributed by atoms with Crippen molar-refractivity contribution in [2.75, 3.05) is 5.32 Å². The first-order chi connectivity index (χ1) is 11.0. The zero-order valence-electron chi connectivity index (χ0n) is 13.7. The van der Waals surface area contributed by atoms with E-state index in [1.165, 1.54) is 5.56 Å². The number of anilines is 1. The quantitative estimate of drug-likeness (QED) is 0.815. The highest BCUT2D eigenvalue weighted by atomic mass is 16.2. The SMILES string of the molecule is Cc1cc(C)c(NC(=O)C2CC(c3cccnc3)NN2)c(C)c1. The van der Waals surface area contributed by atoms with E-state index in [9.17, 15) is 4.79 Å². The molecule has 3 N–H and O–H groups in total. The van der Waals surface area contributed by atoms with Crippen molar-refractivity contribution in [3.8, 4) is 0 Å². The number of aryl methyl sites for hydroxylation is 3. The maximum absolute atomic E-state index is 12.6. The topological polar surface area (TPSA) is 66.0 Å². The van der Waals surface area contributed by atoms with Crippen molar-refractivity contribution in [3.63, 3.8) is 0 Å². The summed E-state index contributed by atoms with van der Waals surface area (Å²) in [6.07, 6.45) is 4.27. The first-order valence-electron chi connectivity index (χ1n) is 7.84. The number of hydrogen-bond acceptors (Lipinski definition) is 4. The van der Waals surface area contributed by atoms with Crippen molar-refractivity contribution in [3.05, 3.63) is 58.9 Å². The van der Waals surface area contributed by atoms with Gasteiger partial charge in [0.2, 0.25) is 5.91 Å². The average molecular weight is 310 g/mol. The Kier molecular flexibility index (Phi) is 4.41. The Morgan fingerprint density at radius 2 is 1.96 bits per heavy atom. The highest BCUT2D eigenvalue weighted by Crippen LogP contribution is 2.25. The molecular weight excluding hydrogens is 288 g/mol. The molecule has 2 atom stereocenters. The lowest BCUT2D eigenvalue weighted by Crippen LogP contribution is -2.39. The van der Waals surface area contributed by atoms with Gasteiger partial charge in [-0.15, -0.1) is 0 Å². The van der Waals surface area contributed by atoms with Gasteiger partial charge in [-0.2, -0.15) is 0 Å². The summed E-state index contributed by atoms with van der Waals surface area (Å²) in [6.45, 7) is 6.11. The third-order valence-corrected chi connectivity index (χ3v) is 4.23. The third kappa shape index (κ3) is 3.41. The largest absolute Gasteiger partial charge is 0.324 e. The lowest BCUT2D eigenvalue weighted by Gasteiger charge is -2.15. The van der Waals surface area contributed by atoms with Crippen LogP contribution < -0.4 is 16.2 Å². The second kappa shape index (κ2) is 6.48. The second-order valence-corrected chi connectivity index (χ2v) is 6.18. The smallest absolute Gasteiger partial charge is 0.242 e. The highest BCUT2D eigenvalue weighted by Gasteiger charge is 2.30. The summed E-state index contributed by atoms with van der Waals surface area (Å²) in [5, 5.41) is 3.06. The van der Waals surface area contributed by atoms with Crippen LogP contribution in [0.4, 0.5) is 5.69 Å². The molecule has 2 unspecified atom stereocenters. The minimum atomic E-state index is -0.264. The summed E-state index contributed by atoms with van der Waals surface area (Å²) in [6, 6.07) is 7.92. The minimum absolute atomic E-state index is 0.0149. The Morgan fingerprint density at radius 3 is 2.61 bits per heavy atom. The number of amides is 1. The van der Waals surface area contributed by atoms with E-state index in [4.69, 9.17) is 0 Å². The van der Waals surface area contributed by atoms with Crippen LogP contribution in [0.5, 0.6) is 0 Å². The molecule has 1 saturated heterocycles. The fourth-order valence-corrected chi connectivity index (χ4v) is 3.12. The Hall–Kier alpha value is -2.24. The monoisotopic (exact) mass is 310 g/mol. The van der Waals surface area contributed by atoms with Crippen LogP contribution in [0, 0.1) is 20.8 Å². The Morgan fingerprint density at radius 1 is 1.22 bits per heavy atom. The zero-order valence-corrected chi connectivity index (χ0v) is 13.7. The molecule has 0 saturated carbocycles. The van der Waals surface area contributed by atoms with Gasteiger partial charge in [-0.05, 0) is 49.9 Å². The molecule has 1 aromatic heterocycles. The van der Waals surface area contributed by atoms with E-state index < -0.39 is 0 Å². The molecule has 120 valence electrons. The van der Waals surface area contributed by atoms with E-state index in [2.05, 4.69) is 40.2 Å². The maximum atomic E-state index is 12.6. The standard InChI is InChI=1S/C18H22N4O/c1-11-7-12(2)17(13(3)8-11)20-18(23)16-9-15(21-22-16)14-5-4-6-19-10-14/h4-8,10,15-16,21-22H,9H2,1-3H3,(H,20,23). The molecule has 0 aliphatic carbocycles. The molecule has 1 aliphatic heterocycles. The van der Waals surface area contributed by atoms with Gasteiger partial charge in [0.1, 0.15) is 6.04 Å². The number of hydrogen-bond donors (Lipinski definition) is 3. The predicted molar refractivity (Wildman–Crippen MR) is 90.9 cm³/mol. The van der Waals surface area contributed by atoms with E-state index in [1.807, 2.05) is 32.2 Å². The molecule has 5 heteroatoms. The maximum Gasteiger partial charge on any atom is 0.242 e. The van der Waals surface area contributed by atoms with E-state index >= 15 is 0 Å². The zero-order chi connectivity index (χ0) is 16.4. The van der Waals surface area contributed by atoms with Crippen LogP contribution in [0.3, 0.4) is 0 Å². The molecule has 2 heterocycles. The van der Waals surface area contributed by atoms with Gasteiger partial charge in [-0.3, -0.25) is 9.78 Å². The lowest BCUT2D eigenvalue weighted by molar-refractivity contribution is -0.117. The summed E-state index contributed by atoms with van der Waals surface area (Å²) >= 11 is 0. The number of carbonyl (C=O) groups is 1. The van der Waals surface area contributed by atoms with Crippen LogP contribution in [0.2, 0.25) is 0 Å². The number of rotatable bonds is 3. The normalized spacial score (nSPS) is 20.5. The predicted octanol–water partition coefficient (Wildman–Crippen LogP) is 2.55. The van der Waals surface area contributed by atoms with Gasteiger partial charge in [0.15, 0.2) is 0 Å². The molecule has 23 heavy (non-hydrogen) atoms. The summed E-state index contributed by atoms with van der Waals surface area (Å²) in [7, 11) is 0. The van der Waals surface area contributed by atoms with Crippen LogP contribution in [0.1, 0.15) is 34.7 Å².